The Morgan fingerprint density at radius 2 is 1.68 bits per heavy atom. The van der Waals surface area contributed by atoms with Gasteiger partial charge in [0.05, 0.1) is 18.8 Å². The highest BCUT2D eigenvalue weighted by Crippen LogP contribution is 2.31. The van der Waals surface area contributed by atoms with Gasteiger partial charge < -0.3 is 0 Å². The van der Waals surface area contributed by atoms with Crippen molar-refractivity contribution in [3.63, 3.8) is 0 Å². The third kappa shape index (κ3) is 2.58. The zero-order chi connectivity index (χ0) is 17.4. The van der Waals surface area contributed by atoms with Gasteiger partial charge in [0.15, 0.2) is 11.9 Å². The van der Waals surface area contributed by atoms with Crippen LogP contribution in [0.5, 0.6) is 0 Å². The monoisotopic (exact) mass is 327 g/mol. The van der Waals surface area contributed by atoms with E-state index in [9.17, 15) is 0 Å². The van der Waals surface area contributed by atoms with Crippen LogP contribution in [-0.4, -0.2) is 4.98 Å². The van der Waals surface area contributed by atoms with Gasteiger partial charge in [0, 0.05) is 36.8 Å². The molecule has 3 heteroatoms. The van der Waals surface area contributed by atoms with Crippen LogP contribution in [0.1, 0.15) is 11.3 Å². The average molecular weight is 327 g/mol. The van der Waals surface area contributed by atoms with Gasteiger partial charge >= 0.3 is 5.82 Å². The van der Waals surface area contributed by atoms with E-state index in [2.05, 4.69) is 82.7 Å². The van der Waals surface area contributed by atoms with E-state index in [1.165, 1.54) is 33.3 Å². The molecule has 0 saturated heterocycles. The normalized spacial score (nSPS) is 11.0. The smallest absolute Gasteiger partial charge is 0.233 e. The quantitative estimate of drug-likeness (QED) is 0.515. The van der Waals surface area contributed by atoms with Gasteiger partial charge in [0.1, 0.15) is 6.20 Å². The SMILES string of the molecule is Cc1c(-[n+]2ccccc2C)cc2ccccc2c1-c1nccc[n+]1C. The minimum atomic E-state index is 0.979. The topological polar surface area (TPSA) is 20.6 Å². The number of hydrogen-bond donors (Lipinski definition) is 0. The largest absolute Gasteiger partial charge is 0.331 e. The summed E-state index contributed by atoms with van der Waals surface area (Å²) in [4.78, 5) is 4.67. The average Bonchev–Trinajstić information content (AvgIpc) is 2.63. The maximum absolute atomic E-state index is 4.67. The van der Waals surface area contributed by atoms with E-state index in [0.717, 1.165) is 5.82 Å². The predicted octanol–water partition coefficient (Wildman–Crippen LogP) is 3.62. The molecule has 4 rings (SSSR count). The molecule has 0 saturated carbocycles. The minimum Gasteiger partial charge on any atom is -0.233 e. The van der Waals surface area contributed by atoms with E-state index in [-0.39, 0.29) is 0 Å². The summed E-state index contributed by atoms with van der Waals surface area (Å²) in [5.41, 5.74) is 4.81. The lowest BCUT2D eigenvalue weighted by atomic mass is 9.96. The summed E-state index contributed by atoms with van der Waals surface area (Å²) in [6.07, 6.45) is 6.02. The van der Waals surface area contributed by atoms with Crippen LogP contribution < -0.4 is 9.13 Å². The van der Waals surface area contributed by atoms with E-state index >= 15 is 0 Å². The molecule has 0 spiro atoms. The highest BCUT2D eigenvalue weighted by atomic mass is 15.0. The van der Waals surface area contributed by atoms with Crippen molar-refractivity contribution in [3.8, 4) is 17.1 Å². The lowest BCUT2D eigenvalue weighted by Gasteiger charge is -2.11. The molecular formula is C22H21N3+2. The highest BCUT2D eigenvalue weighted by molar-refractivity contribution is 5.97. The van der Waals surface area contributed by atoms with Crippen LogP contribution in [0.3, 0.4) is 0 Å². The zero-order valence-electron chi connectivity index (χ0n) is 14.8. The first kappa shape index (κ1) is 15.5. The number of nitrogens with zero attached hydrogens (tertiary/aromatic N) is 3. The Bertz CT molecular complexity index is 1080. The molecule has 0 amide bonds. The summed E-state index contributed by atoms with van der Waals surface area (Å²) in [7, 11) is 2.05. The molecule has 122 valence electrons. The van der Waals surface area contributed by atoms with Crippen molar-refractivity contribution in [3.05, 3.63) is 84.4 Å². The molecule has 0 atom stereocenters. The van der Waals surface area contributed by atoms with Crippen LogP contribution in [-0.2, 0) is 7.05 Å². The number of hydrogen-bond acceptors (Lipinski definition) is 1. The molecule has 2 aromatic heterocycles. The van der Waals surface area contributed by atoms with Crippen LogP contribution in [0, 0.1) is 13.8 Å². The van der Waals surface area contributed by atoms with Crippen molar-refractivity contribution in [1.29, 1.82) is 0 Å². The lowest BCUT2D eigenvalue weighted by molar-refractivity contribution is -0.663. The van der Waals surface area contributed by atoms with Crippen molar-refractivity contribution >= 4 is 10.8 Å². The summed E-state index contributed by atoms with van der Waals surface area (Å²) in [5.74, 6) is 0.979. The van der Waals surface area contributed by atoms with Crippen molar-refractivity contribution in [2.45, 2.75) is 13.8 Å². The Morgan fingerprint density at radius 1 is 0.880 bits per heavy atom. The molecule has 4 aromatic rings. The summed E-state index contributed by atoms with van der Waals surface area (Å²) in [5, 5.41) is 2.45. The second-order valence-electron chi connectivity index (χ2n) is 6.38. The van der Waals surface area contributed by atoms with E-state index < -0.39 is 0 Å². The third-order valence-corrected chi connectivity index (χ3v) is 4.76. The van der Waals surface area contributed by atoms with E-state index in [1.54, 1.807) is 0 Å². The number of fused-ring (bicyclic) bond motifs is 1. The second-order valence-corrected chi connectivity index (χ2v) is 6.38. The molecule has 0 aliphatic rings. The van der Waals surface area contributed by atoms with Gasteiger partial charge in [-0.2, -0.15) is 4.57 Å². The molecule has 0 aliphatic carbocycles. The first-order valence-corrected chi connectivity index (χ1v) is 8.48. The summed E-state index contributed by atoms with van der Waals surface area (Å²) >= 11 is 0. The maximum Gasteiger partial charge on any atom is 0.331 e. The van der Waals surface area contributed by atoms with Crippen LogP contribution in [0.4, 0.5) is 0 Å². The molecule has 0 bridgehead atoms. The molecule has 0 fully saturated rings. The summed E-state index contributed by atoms with van der Waals surface area (Å²) < 4.78 is 4.33. The zero-order valence-corrected chi connectivity index (χ0v) is 14.8. The number of aromatic nitrogens is 3. The van der Waals surface area contributed by atoms with Crippen LogP contribution in [0.2, 0.25) is 0 Å². The second kappa shape index (κ2) is 6.10. The van der Waals surface area contributed by atoms with Crippen LogP contribution >= 0.6 is 0 Å². The summed E-state index contributed by atoms with van der Waals surface area (Å²) in [6, 6.07) is 19.0. The van der Waals surface area contributed by atoms with Gasteiger partial charge in [0.2, 0.25) is 5.69 Å². The molecule has 2 aromatic carbocycles. The van der Waals surface area contributed by atoms with E-state index in [4.69, 9.17) is 0 Å². The van der Waals surface area contributed by atoms with E-state index in [1.807, 2.05) is 25.5 Å². The number of rotatable bonds is 2. The van der Waals surface area contributed by atoms with Gasteiger partial charge in [0.25, 0.3) is 0 Å². The van der Waals surface area contributed by atoms with E-state index in [0.29, 0.717) is 0 Å². The van der Waals surface area contributed by atoms with Gasteiger partial charge in [-0.3, -0.25) is 0 Å². The molecule has 0 N–H and O–H groups in total. The molecular weight excluding hydrogens is 306 g/mol. The Hall–Kier alpha value is -3.07. The Morgan fingerprint density at radius 3 is 2.48 bits per heavy atom. The summed E-state index contributed by atoms with van der Waals surface area (Å²) in [6.45, 7) is 4.32. The predicted molar refractivity (Wildman–Crippen MR) is 99.4 cm³/mol. The maximum atomic E-state index is 4.67. The fraction of sp³-hybridized carbons (Fsp3) is 0.136. The van der Waals surface area contributed by atoms with Crippen molar-refractivity contribution in [1.82, 2.24) is 4.98 Å². The molecule has 3 nitrogen and oxygen atoms in total. The Kier molecular flexibility index (Phi) is 3.77. The van der Waals surface area contributed by atoms with Gasteiger partial charge in [-0.05, 0) is 22.7 Å². The van der Waals surface area contributed by atoms with Crippen LogP contribution in [0.15, 0.2) is 73.2 Å². The standard InChI is InChI=1S/C22H21N3/c1-16-9-6-7-14-25(16)20-15-18-10-4-5-11-19(18)21(17(20)2)22-23-12-8-13-24(22)3/h4-15H,1-3H3/q+2. The highest BCUT2D eigenvalue weighted by Gasteiger charge is 2.24. The molecule has 25 heavy (non-hydrogen) atoms. The Labute approximate surface area is 147 Å². The molecule has 0 aliphatic heterocycles. The molecule has 0 radical (unpaired) electrons. The third-order valence-electron chi connectivity index (χ3n) is 4.76. The first-order chi connectivity index (χ1) is 12.2. The van der Waals surface area contributed by atoms with Gasteiger partial charge in [-0.25, -0.2) is 4.57 Å². The van der Waals surface area contributed by atoms with Crippen LogP contribution in [0.25, 0.3) is 27.8 Å². The number of benzene rings is 2. The first-order valence-electron chi connectivity index (χ1n) is 8.48. The number of aryl methyl sites for hydroxylation is 2. The van der Waals surface area contributed by atoms with Crippen molar-refractivity contribution in [2.75, 3.05) is 0 Å². The lowest BCUT2D eigenvalue weighted by Crippen LogP contribution is -2.35. The Balaban J connectivity index is 2.13. The number of pyridine rings is 1. The van der Waals surface area contributed by atoms with Crippen molar-refractivity contribution in [2.24, 2.45) is 7.05 Å². The molecule has 0 unspecified atom stereocenters. The fourth-order valence-electron chi connectivity index (χ4n) is 3.46. The minimum absolute atomic E-state index is 0.979. The van der Waals surface area contributed by atoms with Gasteiger partial charge in [-0.15, -0.1) is 0 Å². The van der Waals surface area contributed by atoms with Crippen molar-refractivity contribution < 1.29 is 9.13 Å². The fourth-order valence-corrected chi connectivity index (χ4v) is 3.46. The van der Waals surface area contributed by atoms with Gasteiger partial charge in [-0.1, -0.05) is 30.3 Å². The molecule has 2 heterocycles.